The van der Waals surface area contributed by atoms with Gasteiger partial charge in [-0.05, 0) is 36.7 Å². The first-order valence-corrected chi connectivity index (χ1v) is 10.0. The molecule has 1 aromatic rings. The summed E-state index contributed by atoms with van der Waals surface area (Å²) >= 11 is 3.64. The first-order chi connectivity index (χ1) is 10.00. The van der Waals surface area contributed by atoms with E-state index < -0.39 is 9.84 Å². The van der Waals surface area contributed by atoms with Crippen molar-refractivity contribution in [1.82, 2.24) is 10.2 Å². The topological polar surface area (TPSA) is 49.4 Å². The Balaban J connectivity index is 1.99. The highest BCUT2D eigenvalue weighted by Gasteiger charge is 2.19. The summed E-state index contributed by atoms with van der Waals surface area (Å²) in [5.41, 5.74) is 2.47. The Morgan fingerprint density at radius 1 is 1.29 bits per heavy atom. The van der Waals surface area contributed by atoms with Gasteiger partial charge in [0.05, 0.1) is 11.5 Å². The SMILES string of the molecule is CCNCc1ccc(CN2CCCS(=O)(=O)CC2)c(Br)c1. The fourth-order valence-corrected chi connectivity index (χ4v) is 4.35. The van der Waals surface area contributed by atoms with Gasteiger partial charge < -0.3 is 5.32 Å². The van der Waals surface area contributed by atoms with Gasteiger partial charge >= 0.3 is 0 Å². The molecular weight excluding hydrogens is 352 g/mol. The number of rotatable bonds is 5. The Morgan fingerprint density at radius 3 is 2.81 bits per heavy atom. The summed E-state index contributed by atoms with van der Waals surface area (Å²) < 4.78 is 24.4. The maximum atomic E-state index is 11.6. The quantitative estimate of drug-likeness (QED) is 0.857. The molecule has 0 radical (unpaired) electrons. The second-order valence-corrected chi connectivity index (χ2v) is 8.65. The van der Waals surface area contributed by atoms with Gasteiger partial charge in [0.2, 0.25) is 0 Å². The molecule has 0 spiro atoms. The predicted octanol–water partition coefficient (Wildman–Crippen LogP) is 2.18. The lowest BCUT2D eigenvalue weighted by atomic mass is 10.1. The molecule has 6 heteroatoms. The molecule has 0 amide bonds. The van der Waals surface area contributed by atoms with E-state index >= 15 is 0 Å². The van der Waals surface area contributed by atoms with Crippen molar-refractivity contribution >= 4 is 25.8 Å². The summed E-state index contributed by atoms with van der Waals surface area (Å²) in [6.45, 7) is 6.21. The maximum absolute atomic E-state index is 11.6. The molecule has 0 aliphatic carbocycles. The van der Waals surface area contributed by atoms with E-state index in [1.54, 1.807) is 0 Å². The molecule has 0 saturated carbocycles. The van der Waals surface area contributed by atoms with E-state index in [2.05, 4.69) is 51.3 Å². The number of hydrogen-bond donors (Lipinski definition) is 1. The number of nitrogens with one attached hydrogen (secondary N) is 1. The average molecular weight is 375 g/mol. The van der Waals surface area contributed by atoms with E-state index in [0.717, 1.165) is 37.1 Å². The zero-order valence-electron chi connectivity index (χ0n) is 12.4. The smallest absolute Gasteiger partial charge is 0.151 e. The van der Waals surface area contributed by atoms with Gasteiger partial charge in [0.1, 0.15) is 0 Å². The van der Waals surface area contributed by atoms with Crippen LogP contribution >= 0.6 is 15.9 Å². The third-order valence-corrected chi connectivity index (χ3v) is 6.19. The minimum atomic E-state index is -2.83. The Hall–Kier alpha value is -0.430. The molecule has 1 N–H and O–H groups in total. The molecule has 4 nitrogen and oxygen atoms in total. The van der Waals surface area contributed by atoms with Crippen LogP contribution in [0, 0.1) is 0 Å². The van der Waals surface area contributed by atoms with Crippen molar-refractivity contribution in [2.24, 2.45) is 0 Å². The fourth-order valence-electron chi connectivity index (χ4n) is 2.49. The molecule has 0 atom stereocenters. The lowest BCUT2D eigenvalue weighted by Gasteiger charge is -2.20. The van der Waals surface area contributed by atoms with E-state index in [-0.39, 0.29) is 5.75 Å². The minimum absolute atomic E-state index is 0.281. The number of benzene rings is 1. The Morgan fingerprint density at radius 2 is 2.10 bits per heavy atom. The van der Waals surface area contributed by atoms with Gasteiger partial charge in [0.15, 0.2) is 9.84 Å². The van der Waals surface area contributed by atoms with E-state index in [0.29, 0.717) is 12.3 Å². The first kappa shape index (κ1) is 16.9. The van der Waals surface area contributed by atoms with E-state index in [1.807, 2.05) is 0 Å². The van der Waals surface area contributed by atoms with Gasteiger partial charge in [-0.2, -0.15) is 0 Å². The van der Waals surface area contributed by atoms with E-state index in [4.69, 9.17) is 0 Å². The summed E-state index contributed by atoms with van der Waals surface area (Å²) in [6.07, 6.45) is 0.735. The van der Waals surface area contributed by atoms with Crippen molar-refractivity contribution in [3.63, 3.8) is 0 Å². The van der Waals surface area contributed by atoms with Crippen LogP contribution in [0.4, 0.5) is 0 Å². The van der Waals surface area contributed by atoms with Gasteiger partial charge in [-0.25, -0.2) is 8.42 Å². The van der Waals surface area contributed by atoms with Crippen molar-refractivity contribution in [2.75, 3.05) is 31.1 Å². The van der Waals surface area contributed by atoms with Gasteiger partial charge in [0, 0.05) is 24.1 Å². The summed E-state index contributed by atoms with van der Waals surface area (Å²) in [5.74, 6) is 0.607. The van der Waals surface area contributed by atoms with Crippen LogP contribution < -0.4 is 5.32 Å². The van der Waals surface area contributed by atoms with Crippen LogP contribution in [0.3, 0.4) is 0 Å². The molecule has 1 heterocycles. The second kappa shape index (κ2) is 7.72. The van der Waals surface area contributed by atoms with Crippen LogP contribution in [0.5, 0.6) is 0 Å². The van der Waals surface area contributed by atoms with Crippen LogP contribution in [-0.2, 0) is 22.9 Å². The second-order valence-electron chi connectivity index (χ2n) is 5.49. The molecule has 0 bridgehead atoms. The zero-order chi connectivity index (χ0) is 15.3. The predicted molar refractivity (Wildman–Crippen MR) is 90.1 cm³/mol. The molecule has 1 aliphatic heterocycles. The lowest BCUT2D eigenvalue weighted by Crippen LogP contribution is -2.26. The molecule has 0 unspecified atom stereocenters. The van der Waals surface area contributed by atoms with Gasteiger partial charge in [-0.3, -0.25) is 4.90 Å². The molecule has 0 aromatic heterocycles. The molecule has 1 saturated heterocycles. The molecule has 1 aromatic carbocycles. The van der Waals surface area contributed by atoms with Crippen molar-refractivity contribution in [3.8, 4) is 0 Å². The summed E-state index contributed by atoms with van der Waals surface area (Å²) in [5, 5.41) is 3.31. The van der Waals surface area contributed by atoms with Gasteiger partial charge in [0.25, 0.3) is 0 Å². The van der Waals surface area contributed by atoms with Gasteiger partial charge in [-0.1, -0.05) is 35.0 Å². The zero-order valence-corrected chi connectivity index (χ0v) is 14.8. The standard InChI is InChI=1S/C15H23BrN2O2S/c1-2-17-11-13-4-5-14(15(16)10-13)12-18-6-3-8-21(19,20)9-7-18/h4-5,10,17H,2-3,6-9,11-12H2,1H3. The van der Waals surface area contributed by atoms with Crippen molar-refractivity contribution in [2.45, 2.75) is 26.4 Å². The first-order valence-electron chi connectivity index (χ1n) is 7.41. The maximum Gasteiger partial charge on any atom is 0.151 e. The normalized spacial score (nSPS) is 19.3. The highest BCUT2D eigenvalue weighted by atomic mass is 79.9. The van der Waals surface area contributed by atoms with Crippen molar-refractivity contribution in [3.05, 3.63) is 33.8 Å². The largest absolute Gasteiger partial charge is 0.313 e. The van der Waals surface area contributed by atoms with Crippen LogP contribution in [0.2, 0.25) is 0 Å². The van der Waals surface area contributed by atoms with Crippen molar-refractivity contribution < 1.29 is 8.42 Å². The number of hydrogen-bond acceptors (Lipinski definition) is 4. The number of halogens is 1. The average Bonchev–Trinajstić information content (AvgIpc) is 2.60. The number of nitrogens with zero attached hydrogens (tertiary/aromatic N) is 1. The summed E-state index contributed by atoms with van der Waals surface area (Å²) in [6, 6.07) is 6.42. The molecule has 21 heavy (non-hydrogen) atoms. The van der Waals surface area contributed by atoms with Crippen molar-refractivity contribution in [1.29, 1.82) is 0 Å². The third-order valence-electron chi connectivity index (χ3n) is 3.74. The summed E-state index contributed by atoms with van der Waals surface area (Å²) in [7, 11) is -2.83. The van der Waals surface area contributed by atoms with Gasteiger partial charge in [-0.15, -0.1) is 0 Å². The minimum Gasteiger partial charge on any atom is -0.313 e. The molecule has 1 fully saturated rings. The van der Waals surface area contributed by atoms with E-state index in [1.165, 1.54) is 11.1 Å². The number of sulfone groups is 1. The molecule has 1 aliphatic rings. The summed E-state index contributed by atoms with van der Waals surface area (Å²) in [4.78, 5) is 2.23. The molecule has 118 valence electrons. The highest BCUT2D eigenvalue weighted by molar-refractivity contribution is 9.10. The fraction of sp³-hybridized carbons (Fsp3) is 0.600. The highest BCUT2D eigenvalue weighted by Crippen LogP contribution is 2.21. The van der Waals surface area contributed by atoms with Crippen LogP contribution in [0.15, 0.2) is 22.7 Å². The van der Waals surface area contributed by atoms with Crippen LogP contribution in [-0.4, -0.2) is 44.5 Å². The van der Waals surface area contributed by atoms with E-state index in [9.17, 15) is 8.42 Å². The third kappa shape index (κ3) is 5.36. The lowest BCUT2D eigenvalue weighted by molar-refractivity contribution is 0.286. The Bertz CT molecular complexity index is 575. The molecular formula is C15H23BrN2O2S. The van der Waals surface area contributed by atoms with Crippen LogP contribution in [0.25, 0.3) is 0 Å². The van der Waals surface area contributed by atoms with Crippen LogP contribution in [0.1, 0.15) is 24.5 Å². The monoisotopic (exact) mass is 374 g/mol. The Labute approximate surface area is 136 Å². The Kier molecular flexibility index (Phi) is 6.22. The molecule has 2 rings (SSSR count).